The zero-order valence-electron chi connectivity index (χ0n) is 13.6. The smallest absolute Gasteiger partial charge is 0.224 e. The predicted molar refractivity (Wildman–Crippen MR) is 104 cm³/mol. The number of anilines is 1. The molecule has 0 radical (unpaired) electrons. The summed E-state index contributed by atoms with van der Waals surface area (Å²) in [6.07, 6.45) is 1.39. The van der Waals surface area contributed by atoms with E-state index in [1.807, 2.05) is 31.2 Å². The number of rotatable bonds is 7. The van der Waals surface area contributed by atoms with Gasteiger partial charge in [-0.15, -0.1) is 24.0 Å². The Morgan fingerprint density at radius 3 is 2.45 bits per heavy atom. The maximum absolute atomic E-state index is 11.5. The number of guanidine groups is 1. The lowest BCUT2D eigenvalue weighted by Crippen LogP contribution is -2.34. The number of aliphatic imine (C=N–C) groups is 1. The quantitative estimate of drug-likeness (QED) is 0.362. The van der Waals surface area contributed by atoms with Crippen molar-refractivity contribution in [1.82, 2.24) is 5.32 Å². The Hall–Kier alpha value is -1.31. The van der Waals surface area contributed by atoms with Crippen LogP contribution in [0.2, 0.25) is 0 Å². The number of hydrogen-bond acceptors (Lipinski definition) is 2. The predicted octanol–water partition coefficient (Wildman–Crippen LogP) is 3.10. The number of halogens is 1. The van der Waals surface area contributed by atoms with Crippen molar-refractivity contribution in [1.29, 1.82) is 0 Å². The third kappa shape index (κ3) is 8.86. The molecule has 0 spiro atoms. The molecule has 0 fully saturated rings. The number of nitrogens with two attached hydrogens (primary N) is 1. The van der Waals surface area contributed by atoms with Crippen molar-refractivity contribution in [2.45, 2.75) is 40.2 Å². The molecule has 4 N–H and O–H groups in total. The summed E-state index contributed by atoms with van der Waals surface area (Å²) >= 11 is 0. The van der Waals surface area contributed by atoms with E-state index in [9.17, 15) is 4.79 Å². The lowest BCUT2D eigenvalue weighted by atomic mass is 10.2. The molecule has 0 saturated heterocycles. The standard InChI is InChI=1S/C16H26N4O.HI/c1-4-5-15(21)20-14-8-6-13(7-9-14)11-19-16(17)18-10-12(2)3;/h6-9,12H,4-5,10-11H2,1-3H3,(H,20,21)(H3,17,18,19);1H. The molecule has 0 aliphatic heterocycles. The van der Waals surface area contributed by atoms with Gasteiger partial charge in [0.05, 0.1) is 6.54 Å². The molecule has 0 atom stereocenters. The zero-order valence-corrected chi connectivity index (χ0v) is 15.9. The highest BCUT2D eigenvalue weighted by molar-refractivity contribution is 14.0. The van der Waals surface area contributed by atoms with Crippen LogP contribution in [0.5, 0.6) is 0 Å². The molecule has 6 heteroatoms. The van der Waals surface area contributed by atoms with Gasteiger partial charge in [-0.2, -0.15) is 0 Å². The van der Waals surface area contributed by atoms with Gasteiger partial charge in [0, 0.05) is 18.7 Å². The molecule has 0 aliphatic carbocycles. The highest BCUT2D eigenvalue weighted by atomic mass is 127. The number of carbonyl (C=O) groups excluding carboxylic acids is 1. The van der Waals surface area contributed by atoms with Crippen LogP contribution in [0.4, 0.5) is 5.69 Å². The first kappa shape index (κ1) is 20.7. The lowest BCUT2D eigenvalue weighted by Gasteiger charge is -2.08. The van der Waals surface area contributed by atoms with E-state index in [1.165, 1.54) is 0 Å². The Labute approximate surface area is 150 Å². The number of benzene rings is 1. The number of amides is 1. The number of nitrogens with one attached hydrogen (secondary N) is 2. The number of nitrogens with zero attached hydrogens (tertiary/aromatic N) is 1. The Balaban J connectivity index is 0.00000441. The van der Waals surface area contributed by atoms with Gasteiger partial charge in [0.25, 0.3) is 0 Å². The van der Waals surface area contributed by atoms with Crippen molar-refractivity contribution in [3.63, 3.8) is 0 Å². The summed E-state index contributed by atoms with van der Waals surface area (Å²) in [5, 5.41) is 5.93. The van der Waals surface area contributed by atoms with Gasteiger partial charge >= 0.3 is 0 Å². The van der Waals surface area contributed by atoms with Gasteiger partial charge in [-0.25, -0.2) is 4.99 Å². The summed E-state index contributed by atoms with van der Waals surface area (Å²) in [4.78, 5) is 15.8. The second-order valence-electron chi connectivity index (χ2n) is 5.47. The molecule has 1 rings (SSSR count). The van der Waals surface area contributed by atoms with E-state index in [0.717, 1.165) is 24.2 Å². The van der Waals surface area contributed by atoms with Gasteiger partial charge < -0.3 is 16.4 Å². The first-order valence-electron chi connectivity index (χ1n) is 7.43. The van der Waals surface area contributed by atoms with Gasteiger partial charge in [0.1, 0.15) is 0 Å². The Bertz CT molecular complexity index is 472. The molecule has 0 saturated carbocycles. The van der Waals surface area contributed by atoms with Crippen molar-refractivity contribution < 1.29 is 4.79 Å². The van der Waals surface area contributed by atoms with Crippen molar-refractivity contribution in [3.05, 3.63) is 29.8 Å². The Morgan fingerprint density at radius 1 is 1.27 bits per heavy atom. The van der Waals surface area contributed by atoms with E-state index in [0.29, 0.717) is 24.8 Å². The molecular weight excluding hydrogens is 391 g/mol. The van der Waals surface area contributed by atoms with Gasteiger partial charge in [-0.3, -0.25) is 4.79 Å². The largest absolute Gasteiger partial charge is 0.370 e. The Morgan fingerprint density at radius 2 is 1.91 bits per heavy atom. The van der Waals surface area contributed by atoms with Crippen LogP contribution in [0.15, 0.2) is 29.3 Å². The molecule has 5 nitrogen and oxygen atoms in total. The van der Waals surface area contributed by atoms with Crippen LogP contribution in [0, 0.1) is 5.92 Å². The zero-order chi connectivity index (χ0) is 15.7. The van der Waals surface area contributed by atoms with Crippen LogP contribution in [0.1, 0.15) is 39.2 Å². The third-order valence-corrected chi connectivity index (χ3v) is 2.84. The summed E-state index contributed by atoms with van der Waals surface area (Å²) in [6.45, 7) is 7.56. The van der Waals surface area contributed by atoms with E-state index < -0.39 is 0 Å². The van der Waals surface area contributed by atoms with E-state index in [4.69, 9.17) is 5.73 Å². The molecule has 1 aromatic carbocycles. The van der Waals surface area contributed by atoms with Gasteiger partial charge in [-0.05, 0) is 30.0 Å². The van der Waals surface area contributed by atoms with E-state index in [2.05, 4.69) is 29.5 Å². The highest BCUT2D eigenvalue weighted by Gasteiger charge is 2.01. The molecule has 0 heterocycles. The monoisotopic (exact) mass is 418 g/mol. The second-order valence-corrected chi connectivity index (χ2v) is 5.47. The topological polar surface area (TPSA) is 79.5 Å². The summed E-state index contributed by atoms with van der Waals surface area (Å²) in [5.41, 5.74) is 7.65. The van der Waals surface area contributed by atoms with Crippen LogP contribution < -0.4 is 16.4 Å². The molecule has 1 amide bonds. The van der Waals surface area contributed by atoms with Crippen LogP contribution in [-0.4, -0.2) is 18.4 Å². The molecular formula is C16H27IN4O. The normalized spacial score (nSPS) is 11.0. The number of carbonyl (C=O) groups is 1. The third-order valence-electron chi connectivity index (χ3n) is 2.84. The fourth-order valence-corrected chi connectivity index (χ4v) is 1.69. The molecule has 0 aliphatic rings. The van der Waals surface area contributed by atoms with Crippen molar-refractivity contribution in [2.75, 3.05) is 11.9 Å². The summed E-state index contributed by atoms with van der Waals surface area (Å²) in [5.74, 6) is 1.04. The maximum atomic E-state index is 11.5. The molecule has 1 aromatic rings. The van der Waals surface area contributed by atoms with Crippen molar-refractivity contribution >= 4 is 41.5 Å². The average Bonchev–Trinajstić information content (AvgIpc) is 2.44. The fraction of sp³-hybridized carbons (Fsp3) is 0.500. The molecule has 22 heavy (non-hydrogen) atoms. The second kappa shape index (κ2) is 11.3. The van der Waals surface area contributed by atoms with Crippen molar-refractivity contribution in [2.24, 2.45) is 16.6 Å². The van der Waals surface area contributed by atoms with E-state index in [-0.39, 0.29) is 29.9 Å². The van der Waals surface area contributed by atoms with Crippen LogP contribution in [0.3, 0.4) is 0 Å². The van der Waals surface area contributed by atoms with Crippen LogP contribution >= 0.6 is 24.0 Å². The van der Waals surface area contributed by atoms with E-state index >= 15 is 0 Å². The first-order chi connectivity index (χ1) is 10.0. The summed E-state index contributed by atoms with van der Waals surface area (Å²) < 4.78 is 0. The summed E-state index contributed by atoms with van der Waals surface area (Å²) in [6, 6.07) is 7.66. The fourth-order valence-electron chi connectivity index (χ4n) is 1.69. The SMILES string of the molecule is CCCC(=O)Nc1ccc(CN=C(N)NCC(C)C)cc1.I. The number of hydrogen-bond donors (Lipinski definition) is 3. The van der Waals surface area contributed by atoms with Crippen LogP contribution in [-0.2, 0) is 11.3 Å². The molecule has 0 bridgehead atoms. The van der Waals surface area contributed by atoms with Gasteiger partial charge in [0.2, 0.25) is 5.91 Å². The minimum atomic E-state index is 0. The van der Waals surface area contributed by atoms with Gasteiger partial charge in [0.15, 0.2) is 5.96 Å². The Kier molecular flexibility index (Phi) is 10.6. The molecule has 124 valence electrons. The van der Waals surface area contributed by atoms with E-state index in [1.54, 1.807) is 0 Å². The highest BCUT2D eigenvalue weighted by Crippen LogP contribution is 2.11. The summed E-state index contributed by atoms with van der Waals surface area (Å²) in [7, 11) is 0. The minimum absolute atomic E-state index is 0. The maximum Gasteiger partial charge on any atom is 0.224 e. The lowest BCUT2D eigenvalue weighted by molar-refractivity contribution is -0.116. The van der Waals surface area contributed by atoms with Crippen LogP contribution in [0.25, 0.3) is 0 Å². The molecule has 0 unspecified atom stereocenters. The van der Waals surface area contributed by atoms with Gasteiger partial charge in [-0.1, -0.05) is 32.9 Å². The average molecular weight is 418 g/mol. The first-order valence-corrected chi connectivity index (χ1v) is 7.43. The minimum Gasteiger partial charge on any atom is -0.370 e. The molecule has 0 aromatic heterocycles. The van der Waals surface area contributed by atoms with Crippen molar-refractivity contribution in [3.8, 4) is 0 Å².